The Kier molecular flexibility index (Phi) is 4.44. The zero-order chi connectivity index (χ0) is 18.1. The van der Waals surface area contributed by atoms with Gasteiger partial charge in [0.05, 0.1) is 36.4 Å². The Bertz CT molecular complexity index is 827. The van der Waals surface area contributed by atoms with Gasteiger partial charge in [0.25, 0.3) is 5.91 Å². The van der Waals surface area contributed by atoms with Crippen LogP contribution in [0.3, 0.4) is 0 Å². The summed E-state index contributed by atoms with van der Waals surface area (Å²) in [5, 5.41) is 0. The number of imidazole rings is 1. The van der Waals surface area contributed by atoms with Gasteiger partial charge in [-0.15, -0.1) is 0 Å². The first-order chi connectivity index (χ1) is 12.6. The zero-order valence-corrected chi connectivity index (χ0v) is 15.0. The number of carbonyl (C=O) groups excluding carboxylic acids is 2. The SMILES string of the molecule is Cc1ccc(C(=O)N2CCCn3cnc(CN4CCCC4=O)c3C2)cn1. The number of carbonyl (C=O) groups is 2. The molecule has 0 bridgehead atoms. The summed E-state index contributed by atoms with van der Waals surface area (Å²) in [6, 6.07) is 3.69. The number of likely N-dealkylation sites (tertiary alicyclic amines) is 1. The lowest BCUT2D eigenvalue weighted by molar-refractivity contribution is -0.128. The van der Waals surface area contributed by atoms with Gasteiger partial charge in [-0.2, -0.15) is 0 Å². The van der Waals surface area contributed by atoms with Crippen LogP contribution in [-0.2, 0) is 24.4 Å². The molecule has 4 heterocycles. The number of nitrogens with zero attached hydrogens (tertiary/aromatic N) is 5. The Morgan fingerprint density at radius 3 is 2.77 bits per heavy atom. The van der Waals surface area contributed by atoms with Gasteiger partial charge in [-0.1, -0.05) is 0 Å². The molecule has 0 spiro atoms. The molecule has 26 heavy (non-hydrogen) atoms. The van der Waals surface area contributed by atoms with E-state index in [0.717, 1.165) is 43.0 Å². The Hall–Kier alpha value is -2.70. The Balaban J connectivity index is 1.55. The molecule has 0 saturated carbocycles. The minimum absolute atomic E-state index is 0.00431. The number of hydrogen-bond acceptors (Lipinski definition) is 4. The fourth-order valence-corrected chi connectivity index (χ4v) is 3.65. The minimum Gasteiger partial charge on any atom is -0.337 e. The first-order valence-corrected chi connectivity index (χ1v) is 9.14. The van der Waals surface area contributed by atoms with Gasteiger partial charge in [0.2, 0.25) is 5.91 Å². The van der Waals surface area contributed by atoms with E-state index >= 15 is 0 Å². The second-order valence-corrected chi connectivity index (χ2v) is 7.02. The highest BCUT2D eigenvalue weighted by atomic mass is 16.2. The maximum absolute atomic E-state index is 12.9. The van der Waals surface area contributed by atoms with E-state index in [2.05, 4.69) is 14.5 Å². The average molecular weight is 353 g/mol. The summed E-state index contributed by atoms with van der Waals surface area (Å²) in [6.07, 6.45) is 5.91. The minimum atomic E-state index is -0.00431. The van der Waals surface area contributed by atoms with E-state index in [0.29, 0.717) is 31.6 Å². The molecule has 0 radical (unpaired) electrons. The van der Waals surface area contributed by atoms with Gasteiger partial charge >= 0.3 is 0 Å². The van der Waals surface area contributed by atoms with Gasteiger partial charge < -0.3 is 14.4 Å². The lowest BCUT2D eigenvalue weighted by atomic mass is 10.2. The third-order valence-corrected chi connectivity index (χ3v) is 5.16. The third-order valence-electron chi connectivity index (χ3n) is 5.16. The molecule has 2 aliphatic heterocycles. The number of pyridine rings is 1. The molecule has 0 atom stereocenters. The Labute approximate surface area is 152 Å². The maximum atomic E-state index is 12.9. The lowest BCUT2D eigenvalue weighted by Crippen LogP contribution is -2.31. The zero-order valence-electron chi connectivity index (χ0n) is 15.0. The van der Waals surface area contributed by atoms with Gasteiger partial charge in [-0.05, 0) is 31.9 Å². The molecule has 4 rings (SSSR count). The van der Waals surface area contributed by atoms with Crippen molar-refractivity contribution in [2.45, 2.75) is 45.8 Å². The summed E-state index contributed by atoms with van der Waals surface area (Å²) in [7, 11) is 0. The van der Waals surface area contributed by atoms with Crippen molar-refractivity contribution in [3.8, 4) is 0 Å². The van der Waals surface area contributed by atoms with E-state index in [9.17, 15) is 9.59 Å². The van der Waals surface area contributed by atoms with Gasteiger partial charge in [0.1, 0.15) is 0 Å². The second-order valence-electron chi connectivity index (χ2n) is 7.02. The van der Waals surface area contributed by atoms with Crippen molar-refractivity contribution in [2.75, 3.05) is 13.1 Å². The van der Waals surface area contributed by atoms with Crippen LogP contribution in [0.15, 0.2) is 24.7 Å². The largest absolute Gasteiger partial charge is 0.337 e. The molecule has 7 heteroatoms. The third kappa shape index (κ3) is 3.21. The average Bonchev–Trinajstić information content (AvgIpc) is 3.14. The highest BCUT2D eigenvalue weighted by Gasteiger charge is 2.26. The molecule has 1 saturated heterocycles. The number of amides is 2. The van der Waals surface area contributed by atoms with Crippen LogP contribution in [0, 0.1) is 6.92 Å². The second kappa shape index (κ2) is 6.90. The molecule has 7 nitrogen and oxygen atoms in total. The molecule has 136 valence electrons. The van der Waals surface area contributed by atoms with Crippen molar-refractivity contribution in [1.29, 1.82) is 0 Å². The highest BCUT2D eigenvalue weighted by molar-refractivity contribution is 5.93. The van der Waals surface area contributed by atoms with Crippen LogP contribution in [-0.4, -0.2) is 49.2 Å². The number of aryl methyl sites for hydroxylation is 2. The summed E-state index contributed by atoms with van der Waals surface area (Å²) in [5.41, 5.74) is 3.45. The number of aromatic nitrogens is 3. The van der Waals surface area contributed by atoms with E-state index < -0.39 is 0 Å². The quantitative estimate of drug-likeness (QED) is 0.843. The monoisotopic (exact) mass is 353 g/mol. The molecule has 1 fully saturated rings. The van der Waals surface area contributed by atoms with Gasteiger partial charge in [0, 0.05) is 37.9 Å². The molecule has 0 aromatic carbocycles. The first-order valence-electron chi connectivity index (χ1n) is 9.14. The van der Waals surface area contributed by atoms with Crippen LogP contribution in [0.2, 0.25) is 0 Å². The topological polar surface area (TPSA) is 71.3 Å². The van der Waals surface area contributed by atoms with E-state index in [-0.39, 0.29) is 11.8 Å². The van der Waals surface area contributed by atoms with Gasteiger partial charge in [-0.3, -0.25) is 14.6 Å². The van der Waals surface area contributed by atoms with Crippen molar-refractivity contribution < 1.29 is 9.59 Å². The number of hydrogen-bond donors (Lipinski definition) is 0. The first kappa shape index (κ1) is 16.8. The van der Waals surface area contributed by atoms with E-state index in [4.69, 9.17) is 0 Å². The fourth-order valence-electron chi connectivity index (χ4n) is 3.65. The van der Waals surface area contributed by atoms with Crippen LogP contribution in [0.1, 0.15) is 46.7 Å². The summed E-state index contributed by atoms with van der Waals surface area (Å²) in [6.45, 7) is 5.30. The summed E-state index contributed by atoms with van der Waals surface area (Å²) in [4.78, 5) is 37.3. The highest BCUT2D eigenvalue weighted by Crippen LogP contribution is 2.21. The number of rotatable bonds is 3. The van der Waals surface area contributed by atoms with Crippen LogP contribution >= 0.6 is 0 Å². The number of fused-ring (bicyclic) bond motifs is 1. The van der Waals surface area contributed by atoms with Crippen molar-refractivity contribution in [1.82, 2.24) is 24.3 Å². The fraction of sp³-hybridized carbons (Fsp3) is 0.474. The normalized spacial score (nSPS) is 17.3. The molecule has 0 N–H and O–H groups in total. The molecule has 2 aromatic heterocycles. The molecule has 0 unspecified atom stereocenters. The lowest BCUT2D eigenvalue weighted by Gasteiger charge is -2.21. The summed E-state index contributed by atoms with van der Waals surface area (Å²) in [5.74, 6) is 0.189. The van der Waals surface area contributed by atoms with Crippen LogP contribution < -0.4 is 0 Å². The van der Waals surface area contributed by atoms with Crippen LogP contribution in [0.5, 0.6) is 0 Å². The van der Waals surface area contributed by atoms with Gasteiger partial charge in [-0.25, -0.2) is 4.98 Å². The van der Waals surface area contributed by atoms with Crippen molar-refractivity contribution >= 4 is 11.8 Å². The molecule has 2 aromatic rings. The summed E-state index contributed by atoms with van der Waals surface area (Å²) >= 11 is 0. The van der Waals surface area contributed by atoms with Crippen LogP contribution in [0.25, 0.3) is 0 Å². The van der Waals surface area contributed by atoms with E-state index in [1.54, 1.807) is 6.20 Å². The van der Waals surface area contributed by atoms with E-state index in [1.165, 1.54) is 0 Å². The van der Waals surface area contributed by atoms with Crippen molar-refractivity contribution in [3.63, 3.8) is 0 Å². The molecular formula is C19H23N5O2. The predicted octanol–water partition coefficient (Wildman–Crippen LogP) is 1.76. The van der Waals surface area contributed by atoms with E-state index in [1.807, 2.05) is 35.2 Å². The van der Waals surface area contributed by atoms with Gasteiger partial charge in [0.15, 0.2) is 0 Å². The standard InChI is InChI=1S/C19H23N5O2/c1-14-5-6-15(10-20-14)19(26)23-8-3-9-24-13-21-16(17(24)12-23)11-22-7-2-4-18(22)25/h5-6,10,13H,2-4,7-9,11-12H2,1H3. The smallest absolute Gasteiger partial charge is 0.255 e. The Morgan fingerprint density at radius 2 is 2.04 bits per heavy atom. The molecular weight excluding hydrogens is 330 g/mol. The van der Waals surface area contributed by atoms with Crippen LogP contribution in [0.4, 0.5) is 0 Å². The van der Waals surface area contributed by atoms with Crippen molar-refractivity contribution in [2.24, 2.45) is 0 Å². The summed E-state index contributed by atoms with van der Waals surface area (Å²) < 4.78 is 2.12. The Morgan fingerprint density at radius 1 is 1.15 bits per heavy atom. The maximum Gasteiger partial charge on any atom is 0.255 e. The molecule has 0 aliphatic carbocycles. The van der Waals surface area contributed by atoms with Crippen molar-refractivity contribution in [3.05, 3.63) is 47.3 Å². The predicted molar refractivity (Wildman–Crippen MR) is 95.2 cm³/mol. The molecule has 2 aliphatic rings. The molecule has 2 amide bonds.